The standard InChI is InChI=1S/C10H20BrNO2/c1-4-7-14-8-10(13)12(3)6-5-9(2)11/h9H,4-8H2,1-3H3. The van der Waals surface area contributed by atoms with Crippen LogP contribution in [0, 0.1) is 0 Å². The van der Waals surface area contributed by atoms with Crippen molar-refractivity contribution in [2.45, 2.75) is 31.5 Å². The molecule has 0 N–H and O–H groups in total. The summed E-state index contributed by atoms with van der Waals surface area (Å²) in [6, 6.07) is 0. The number of halogens is 1. The molecule has 0 radical (unpaired) electrons. The van der Waals surface area contributed by atoms with Gasteiger partial charge in [0, 0.05) is 25.0 Å². The van der Waals surface area contributed by atoms with Gasteiger partial charge in [0.1, 0.15) is 6.61 Å². The second-order valence-electron chi connectivity index (χ2n) is 3.44. The van der Waals surface area contributed by atoms with E-state index in [0.717, 1.165) is 19.4 Å². The molecule has 14 heavy (non-hydrogen) atoms. The molecule has 0 aromatic carbocycles. The predicted octanol–water partition coefficient (Wildman–Crippen LogP) is 2.04. The fraction of sp³-hybridized carbons (Fsp3) is 0.900. The minimum absolute atomic E-state index is 0.0617. The minimum atomic E-state index is 0.0617. The molecule has 84 valence electrons. The second kappa shape index (κ2) is 8.24. The number of rotatable bonds is 7. The number of nitrogens with zero attached hydrogens (tertiary/aromatic N) is 1. The lowest BCUT2D eigenvalue weighted by Crippen LogP contribution is -2.32. The van der Waals surface area contributed by atoms with E-state index >= 15 is 0 Å². The zero-order valence-corrected chi connectivity index (χ0v) is 10.8. The molecule has 0 aliphatic heterocycles. The number of carbonyl (C=O) groups is 1. The average Bonchev–Trinajstić information content (AvgIpc) is 2.14. The van der Waals surface area contributed by atoms with Crippen molar-refractivity contribution in [3.63, 3.8) is 0 Å². The first-order valence-corrected chi connectivity index (χ1v) is 5.95. The Labute approximate surface area is 94.9 Å². The Balaban J connectivity index is 3.54. The van der Waals surface area contributed by atoms with Gasteiger partial charge in [-0.25, -0.2) is 0 Å². The number of amides is 1. The molecule has 0 saturated heterocycles. The van der Waals surface area contributed by atoms with Gasteiger partial charge < -0.3 is 9.64 Å². The zero-order chi connectivity index (χ0) is 11.0. The Hall–Kier alpha value is -0.0900. The maximum absolute atomic E-state index is 11.4. The van der Waals surface area contributed by atoms with Crippen LogP contribution in [0.25, 0.3) is 0 Å². The van der Waals surface area contributed by atoms with Gasteiger partial charge in [0.2, 0.25) is 5.91 Å². The molecule has 4 heteroatoms. The van der Waals surface area contributed by atoms with E-state index in [2.05, 4.69) is 22.9 Å². The Kier molecular flexibility index (Phi) is 8.18. The molecule has 0 aromatic rings. The SMILES string of the molecule is CCCOCC(=O)N(C)CCC(C)Br. The highest BCUT2D eigenvalue weighted by Gasteiger charge is 2.08. The van der Waals surface area contributed by atoms with Crippen LogP contribution >= 0.6 is 15.9 Å². The molecule has 0 spiro atoms. The van der Waals surface area contributed by atoms with Crippen molar-refractivity contribution in [2.24, 2.45) is 0 Å². The summed E-state index contributed by atoms with van der Waals surface area (Å²) in [5, 5.41) is 0. The maximum atomic E-state index is 11.4. The number of hydrogen-bond acceptors (Lipinski definition) is 2. The fourth-order valence-corrected chi connectivity index (χ4v) is 1.12. The Morgan fingerprint density at radius 1 is 1.57 bits per heavy atom. The highest BCUT2D eigenvalue weighted by atomic mass is 79.9. The molecule has 0 aromatic heterocycles. The molecule has 1 unspecified atom stereocenters. The summed E-state index contributed by atoms with van der Waals surface area (Å²) in [6.07, 6.45) is 1.92. The zero-order valence-electron chi connectivity index (χ0n) is 9.25. The lowest BCUT2D eigenvalue weighted by molar-refractivity contribution is -0.134. The number of hydrogen-bond donors (Lipinski definition) is 0. The van der Waals surface area contributed by atoms with Crippen LogP contribution in [-0.4, -0.2) is 42.4 Å². The van der Waals surface area contributed by atoms with Crippen LogP contribution in [-0.2, 0) is 9.53 Å². The van der Waals surface area contributed by atoms with Crippen LogP contribution in [0.5, 0.6) is 0 Å². The maximum Gasteiger partial charge on any atom is 0.248 e. The topological polar surface area (TPSA) is 29.5 Å². The third kappa shape index (κ3) is 7.33. The summed E-state index contributed by atoms with van der Waals surface area (Å²) in [5.74, 6) is 0.0617. The van der Waals surface area contributed by atoms with Gasteiger partial charge in [0.05, 0.1) is 0 Å². The third-order valence-corrected chi connectivity index (χ3v) is 2.32. The Morgan fingerprint density at radius 2 is 2.21 bits per heavy atom. The first-order chi connectivity index (χ1) is 6.57. The van der Waals surface area contributed by atoms with E-state index in [0.29, 0.717) is 11.4 Å². The van der Waals surface area contributed by atoms with Gasteiger partial charge in [0.25, 0.3) is 0 Å². The predicted molar refractivity (Wildman–Crippen MR) is 61.8 cm³/mol. The lowest BCUT2D eigenvalue weighted by atomic mass is 10.3. The monoisotopic (exact) mass is 265 g/mol. The summed E-state index contributed by atoms with van der Waals surface area (Å²) < 4.78 is 5.17. The molecule has 3 nitrogen and oxygen atoms in total. The van der Waals surface area contributed by atoms with E-state index in [1.807, 2.05) is 14.0 Å². The number of likely N-dealkylation sites (N-methyl/N-ethyl adjacent to an activating group) is 1. The fourth-order valence-electron chi connectivity index (χ4n) is 0.910. The molecule has 0 rings (SSSR count). The van der Waals surface area contributed by atoms with Crippen molar-refractivity contribution < 1.29 is 9.53 Å². The van der Waals surface area contributed by atoms with Crippen molar-refractivity contribution in [2.75, 3.05) is 26.8 Å². The molecule has 0 bridgehead atoms. The smallest absolute Gasteiger partial charge is 0.248 e. The lowest BCUT2D eigenvalue weighted by Gasteiger charge is -2.17. The third-order valence-electron chi connectivity index (χ3n) is 1.86. The van der Waals surface area contributed by atoms with Crippen LogP contribution in [0.3, 0.4) is 0 Å². The van der Waals surface area contributed by atoms with Crippen LogP contribution in [0.15, 0.2) is 0 Å². The molecular formula is C10H20BrNO2. The largest absolute Gasteiger partial charge is 0.372 e. The molecule has 1 atom stereocenters. The summed E-state index contributed by atoms with van der Waals surface area (Å²) in [6.45, 7) is 5.75. The quantitative estimate of drug-likeness (QED) is 0.521. The van der Waals surface area contributed by atoms with Crippen LogP contribution in [0.4, 0.5) is 0 Å². The van der Waals surface area contributed by atoms with E-state index in [1.165, 1.54) is 0 Å². The van der Waals surface area contributed by atoms with Crippen LogP contribution < -0.4 is 0 Å². The number of alkyl halides is 1. The van der Waals surface area contributed by atoms with Crippen LogP contribution in [0.2, 0.25) is 0 Å². The van der Waals surface area contributed by atoms with E-state index in [-0.39, 0.29) is 12.5 Å². The van der Waals surface area contributed by atoms with Crippen molar-refractivity contribution in [1.82, 2.24) is 4.90 Å². The van der Waals surface area contributed by atoms with Crippen molar-refractivity contribution in [3.05, 3.63) is 0 Å². The van der Waals surface area contributed by atoms with Gasteiger partial charge >= 0.3 is 0 Å². The highest BCUT2D eigenvalue weighted by molar-refractivity contribution is 9.09. The molecule has 0 aliphatic carbocycles. The normalized spacial score (nSPS) is 12.6. The molecule has 0 fully saturated rings. The van der Waals surface area contributed by atoms with Gasteiger partial charge in [-0.3, -0.25) is 4.79 Å². The molecule has 0 heterocycles. The van der Waals surface area contributed by atoms with E-state index < -0.39 is 0 Å². The van der Waals surface area contributed by atoms with Crippen LogP contribution in [0.1, 0.15) is 26.7 Å². The summed E-state index contributed by atoms with van der Waals surface area (Å²) >= 11 is 3.45. The van der Waals surface area contributed by atoms with E-state index in [9.17, 15) is 4.79 Å². The number of ether oxygens (including phenoxy) is 1. The van der Waals surface area contributed by atoms with Gasteiger partial charge in [-0.15, -0.1) is 0 Å². The molecule has 0 saturated carbocycles. The highest BCUT2D eigenvalue weighted by Crippen LogP contribution is 2.03. The summed E-state index contributed by atoms with van der Waals surface area (Å²) in [7, 11) is 1.81. The minimum Gasteiger partial charge on any atom is -0.372 e. The van der Waals surface area contributed by atoms with E-state index in [4.69, 9.17) is 4.74 Å². The van der Waals surface area contributed by atoms with Crippen molar-refractivity contribution in [3.8, 4) is 0 Å². The van der Waals surface area contributed by atoms with Gasteiger partial charge in [0.15, 0.2) is 0 Å². The van der Waals surface area contributed by atoms with Crippen molar-refractivity contribution in [1.29, 1.82) is 0 Å². The van der Waals surface area contributed by atoms with Crippen molar-refractivity contribution >= 4 is 21.8 Å². The molecular weight excluding hydrogens is 246 g/mol. The Morgan fingerprint density at radius 3 is 2.71 bits per heavy atom. The first-order valence-electron chi connectivity index (χ1n) is 5.03. The summed E-state index contributed by atoms with van der Waals surface area (Å²) in [5.41, 5.74) is 0. The van der Waals surface area contributed by atoms with Gasteiger partial charge in [-0.1, -0.05) is 29.8 Å². The van der Waals surface area contributed by atoms with E-state index in [1.54, 1.807) is 4.90 Å². The second-order valence-corrected chi connectivity index (χ2v) is 5.00. The van der Waals surface area contributed by atoms with Gasteiger partial charge in [-0.2, -0.15) is 0 Å². The van der Waals surface area contributed by atoms with Gasteiger partial charge in [-0.05, 0) is 12.8 Å². The Bertz CT molecular complexity index is 162. The average molecular weight is 266 g/mol. The first kappa shape index (κ1) is 13.9. The molecule has 0 aliphatic rings. The number of carbonyl (C=O) groups excluding carboxylic acids is 1. The molecule has 1 amide bonds. The summed E-state index contributed by atoms with van der Waals surface area (Å²) in [4.78, 5) is 13.6.